The molecule has 2 atom stereocenters. The van der Waals surface area contributed by atoms with Gasteiger partial charge in [-0.05, 0) is 56.8 Å². The van der Waals surface area contributed by atoms with Gasteiger partial charge in [-0.3, -0.25) is 9.69 Å². The van der Waals surface area contributed by atoms with Crippen molar-refractivity contribution in [3.8, 4) is 0 Å². The van der Waals surface area contributed by atoms with Crippen LogP contribution in [0.3, 0.4) is 0 Å². The molecule has 2 aliphatic heterocycles. The number of benzene rings is 1. The fraction of sp³-hybridized carbons (Fsp3) is 0.526. The molecule has 0 radical (unpaired) electrons. The maximum atomic E-state index is 13.4. The number of nitrogens with zero attached hydrogens (tertiary/aromatic N) is 3. The number of fused-ring (bicyclic) bond motifs is 1. The molecule has 4 rings (SSSR count). The Morgan fingerprint density at radius 3 is 3.07 bits per heavy atom. The van der Waals surface area contributed by atoms with E-state index in [2.05, 4.69) is 25.7 Å². The lowest BCUT2D eigenvalue weighted by molar-refractivity contribution is -0.134. The van der Waals surface area contributed by atoms with Gasteiger partial charge in [-0.2, -0.15) is 0 Å². The van der Waals surface area contributed by atoms with Crippen LogP contribution in [0.4, 0.5) is 9.52 Å². The van der Waals surface area contributed by atoms with Gasteiger partial charge in [-0.1, -0.05) is 23.5 Å². The molecule has 2 saturated heterocycles. The van der Waals surface area contributed by atoms with Crippen LogP contribution in [0.25, 0.3) is 0 Å². The molecule has 0 aliphatic carbocycles. The van der Waals surface area contributed by atoms with Gasteiger partial charge in [-0.15, -0.1) is 10.2 Å². The van der Waals surface area contributed by atoms with Crippen molar-refractivity contribution in [1.82, 2.24) is 20.4 Å². The molecule has 3 heterocycles. The number of hydrogen-bond donors (Lipinski definition) is 2. The van der Waals surface area contributed by atoms with Gasteiger partial charge >= 0.3 is 0 Å². The molecule has 2 fully saturated rings. The van der Waals surface area contributed by atoms with E-state index in [-0.39, 0.29) is 17.8 Å². The largest absolute Gasteiger partial charge is 0.356 e. The summed E-state index contributed by atoms with van der Waals surface area (Å²) in [4.78, 5) is 15.5. The van der Waals surface area contributed by atoms with E-state index < -0.39 is 5.54 Å². The van der Waals surface area contributed by atoms with Gasteiger partial charge in [0.15, 0.2) is 0 Å². The van der Waals surface area contributed by atoms with Crippen LogP contribution in [0.15, 0.2) is 24.3 Å². The summed E-state index contributed by atoms with van der Waals surface area (Å²) >= 11 is 1.54. The molecule has 8 heteroatoms. The third kappa shape index (κ3) is 3.82. The van der Waals surface area contributed by atoms with Crippen LogP contribution in [0.5, 0.6) is 0 Å². The topological polar surface area (TPSA) is 70.2 Å². The highest BCUT2D eigenvalue weighted by Gasteiger charge is 2.51. The van der Waals surface area contributed by atoms with Crippen molar-refractivity contribution >= 4 is 22.4 Å². The standard InChI is InChI=1S/C19H24FN5OS/c1-13-23-24-18(27-13)22-16-10-19(7-2-3-8-25(19)12-16)17(26)21-11-14-5-4-6-15(20)9-14/h4-6,9,16H,2-3,7-8,10-12H2,1H3,(H,21,26)(H,22,24)/t16-,19-/m0/s1. The van der Waals surface area contributed by atoms with Crippen molar-refractivity contribution in [2.75, 3.05) is 18.4 Å². The van der Waals surface area contributed by atoms with Crippen LogP contribution >= 0.6 is 11.3 Å². The summed E-state index contributed by atoms with van der Waals surface area (Å²) in [6, 6.07) is 6.55. The molecular formula is C19H24FN5OS. The van der Waals surface area contributed by atoms with Crippen molar-refractivity contribution in [2.45, 2.75) is 50.7 Å². The quantitative estimate of drug-likeness (QED) is 0.823. The SMILES string of the molecule is Cc1nnc(N[C@@H]2CN3CCCC[C@@]3(C(=O)NCc3cccc(F)c3)C2)s1. The molecule has 0 unspecified atom stereocenters. The number of carbonyl (C=O) groups is 1. The van der Waals surface area contributed by atoms with Crippen molar-refractivity contribution in [3.05, 3.63) is 40.7 Å². The lowest BCUT2D eigenvalue weighted by Crippen LogP contribution is -2.57. The molecule has 144 valence electrons. The Labute approximate surface area is 162 Å². The second kappa shape index (κ2) is 7.52. The number of anilines is 1. The van der Waals surface area contributed by atoms with Gasteiger partial charge in [0.2, 0.25) is 11.0 Å². The zero-order chi connectivity index (χ0) is 18.9. The Bertz CT molecular complexity index is 828. The maximum absolute atomic E-state index is 13.4. The molecule has 2 N–H and O–H groups in total. The lowest BCUT2D eigenvalue weighted by atomic mass is 9.84. The number of halogens is 1. The highest BCUT2D eigenvalue weighted by atomic mass is 32.1. The second-order valence-corrected chi connectivity index (χ2v) is 8.60. The summed E-state index contributed by atoms with van der Waals surface area (Å²) in [5.74, 6) is -0.235. The van der Waals surface area contributed by atoms with E-state index in [0.29, 0.717) is 6.54 Å². The minimum atomic E-state index is -0.483. The van der Waals surface area contributed by atoms with Crippen molar-refractivity contribution in [3.63, 3.8) is 0 Å². The Hall–Kier alpha value is -2.06. The van der Waals surface area contributed by atoms with Crippen molar-refractivity contribution in [2.24, 2.45) is 0 Å². The van der Waals surface area contributed by atoms with E-state index in [0.717, 1.165) is 54.5 Å². The van der Waals surface area contributed by atoms with E-state index in [1.165, 1.54) is 23.5 Å². The Morgan fingerprint density at radius 1 is 1.41 bits per heavy atom. The molecule has 1 aromatic heterocycles. The minimum Gasteiger partial charge on any atom is -0.356 e. The highest BCUT2D eigenvalue weighted by molar-refractivity contribution is 7.15. The monoisotopic (exact) mass is 389 g/mol. The smallest absolute Gasteiger partial charge is 0.240 e. The fourth-order valence-corrected chi connectivity index (χ4v) is 4.97. The number of nitrogens with one attached hydrogen (secondary N) is 2. The first-order valence-electron chi connectivity index (χ1n) is 9.40. The summed E-state index contributed by atoms with van der Waals surface area (Å²) in [6.45, 7) is 4.04. The Morgan fingerprint density at radius 2 is 2.30 bits per heavy atom. The highest BCUT2D eigenvalue weighted by Crippen LogP contribution is 2.39. The van der Waals surface area contributed by atoms with Crippen LogP contribution in [0, 0.1) is 12.7 Å². The number of aryl methyl sites for hydroxylation is 1. The zero-order valence-electron chi connectivity index (χ0n) is 15.4. The average molecular weight is 390 g/mol. The van der Waals surface area contributed by atoms with Gasteiger partial charge in [0.1, 0.15) is 16.4 Å². The first-order chi connectivity index (χ1) is 13.0. The average Bonchev–Trinajstić information content (AvgIpc) is 3.23. The van der Waals surface area contributed by atoms with E-state index >= 15 is 0 Å². The summed E-state index contributed by atoms with van der Waals surface area (Å²) < 4.78 is 13.4. The Kier molecular flexibility index (Phi) is 5.10. The number of piperidine rings is 1. The molecule has 27 heavy (non-hydrogen) atoms. The second-order valence-electron chi connectivity index (χ2n) is 7.42. The molecule has 0 saturated carbocycles. The van der Waals surface area contributed by atoms with Gasteiger partial charge in [0.05, 0.1) is 0 Å². The molecular weight excluding hydrogens is 365 g/mol. The van der Waals surface area contributed by atoms with Gasteiger partial charge < -0.3 is 10.6 Å². The van der Waals surface area contributed by atoms with Gasteiger partial charge in [-0.25, -0.2) is 4.39 Å². The zero-order valence-corrected chi connectivity index (χ0v) is 16.2. The molecule has 2 aliphatic rings. The molecule has 2 aromatic rings. The normalized spacial score (nSPS) is 25.2. The summed E-state index contributed by atoms with van der Waals surface area (Å²) in [5.41, 5.74) is 0.294. The summed E-state index contributed by atoms with van der Waals surface area (Å²) in [7, 11) is 0. The van der Waals surface area contributed by atoms with Crippen molar-refractivity contribution in [1.29, 1.82) is 0 Å². The first kappa shape index (κ1) is 18.3. The van der Waals surface area contributed by atoms with Crippen LogP contribution in [0.1, 0.15) is 36.3 Å². The number of amides is 1. The van der Waals surface area contributed by atoms with Crippen molar-refractivity contribution < 1.29 is 9.18 Å². The lowest BCUT2D eigenvalue weighted by Gasteiger charge is -2.40. The molecule has 1 amide bonds. The van der Waals surface area contributed by atoms with Gasteiger partial charge in [0, 0.05) is 19.1 Å². The minimum absolute atomic E-state index is 0.0456. The maximum Gasteiger partial charge on any atom is 0.240 e. The molecule has 0 spiro atoms. The van der Waals surface area contributed by atoms with E-state index in [1.54, 1.807) is 6.07 Å². The number of carbonyl (C=O) groups excluding carboxylic acids is 1. The van der Waals surface area contributed by atoms with Crippen LogP contribution in [-0.2, 0) is 11.3 Å². The number of hydrogen-bond acceptors (Lipinski definition) is 6. The molecule has 6 nitrogen and oxygen atoms in total. The Balaban J connectivity index is 1.45. The fourth-order valence-electron chi connectivity index (χ4n) is 4.30. The summed E-state index contributed by atoms with van der Waals surface area (Å²) in [6.07, 6.45) is 3.77. The number of rotatable bonds is 5. The third-order valence-corrected chi connectivity index (χ3v) is 6.29. The van der Waals surface area contributed by atoms with E-state index in [4.69, 9.17) is 0 Å². The van der Waals surface area contributed by atoms with Crippen LogP contribution < -0.4 is 10.6 Å². The third-order valence-electron chi connectivity index (χ3n) is 5.52. The predicted octanol–water partition coefficient (Wildman–Crippen LogP) is 2.71. The van der Waals surface area contributed by atoms with E-state index in [9.17, 15) is 9.18 Å². The number of aromatic nitrogens is 2. The first-order valence-corrected chi connectivity index (χ1v) is 10.2. The van der Waals surface area contributed by atoms with Crippen LogP contribution in [0.2, 0.25) is 0 Å². The van der Waals surface area contributed by atoms with Crippen LogP contribution in [-0.4, -0.2) is 45.7 Å². The van der Waals surface area contributed by atoms with E-state index in [1.807, 2.05) is 13.0 Å². The van der Waals surface area contributed by atoms with Gasteiger partial charge in [0.25, 0.3) is 0 Å². The molecule has 0 bridgehead atoms. The summed E-state index contributed by atoms with van der Waals surface area (Å²) in [5, 5.41) is 16.4. The molecule has 1 aromatic carbocycles. The predicted molar refractivity (Wildman–Crippen MR) is 103 cm³/mol.